The van der Waals surface area contributed by atoms with Gasteiger partial charge in [-0.3, -0.25) is 9.69 Å². The monoisotopic (exact) mass is 521 g/mol. The minimum absolute atomic E-state index is 0.0209. The summed E-state index contributed by atoms with van der Waals surface area (Å²) in [5, 5.41) is 8.27. The Bertz CT molecular complexity index is 1250. The molecule has 2 bridgehead atoms. The van der Waals surface area contributed by atoms with Crippen molar-refractivity contribution in [3.8, 4) is 5.75 Å². The summed E-state index contributed by atoms with van der Waals surface area (Å²) in [5.74, 6) is -0.295. The van der Waals surface area contributed by atoms with Crippen molar-refractivity contribution in [3.05, 3.63) is 46.4 Å². The van der Waals surface area contributed by atoms with Gasteiger partial charge in [-0.2, -0.15) is 13.8 Å². The smallest absolute Gasteiger partial charge is 0.387 e. The number of likely N-dealkylation sites (N-methyl/N-ethyl adjacent to an activating group) is 1. The van der Waals surface area contributed by atoms with Crippen LogP contribution in [0.3, 0.4) is 0 Å². The molecule has 0 saturated carbocycles. The zero-order valence-corrected chi connectivity index (χ0v) is 20.1. The van der Waals surface area contributed by atoms with Crippen LogP contribution >= 0.6 is 22.9 Å². The number of benzene rings is 1. The topological polar surface area (TPSA) is 109 Å². The summed E-state index contributed by atoms with van der Waals surface area (Å²) >= 11 is 7.48. The van der Waals surface area contributed by atoms with E-state index in [4.69, 9.17) is 22.1 Å². The van der Waals surface area contributed by atoms with Crippen LogP contribution in [-0.4, -0.2) is 59.6 Å². The van der Waals surface area contributed by atoms with Gasteiger partial charge in [-0.1, -0.05) is 11.6 Å². The van der Waals surface area contributed by atoms with Crippen LogP contribution in [0.2, 0.25) is 5.02 Å². The number of aromatic nitrogens is 2. The molecule has 13 heteroatoms. The van der Waals surface area contributed by atoms with Crippen LogP contribution in [0.4, 0.5) is 36.9 Å². The standard InChI is InChI=1S/C22H22ClF2N7O2S/c1-31-12-6-13(31)10-32(9-12)11-2-3-16(17(7-11)34-21(24)25)28-22-27-8-15(23)19(30-22)29-20-14(18(26)33)4-5-35-20/h2-5,7-8,12-13,21H,6,9-10H2,1H3,(H2,26,33)(H2,27,28,29,30). The Morgan fingerprint density at radius 2 is 2.06 bits per heavy atom. The van der Waals surface area contributed by atoms with Gasteiger partial charge in [0.05, 0.1) is 17.4 Å². The van der Waals surface area contributed by atoms with Gasteiger partial charge >= 0.3 is 6.61 Å². The second kappa shape index (κ2) is 9.44. The molecule has 3 aliphatic rings. The highest BCUT2D eigenvalue weighted by Crippen LogP contribution is 2.38. The third-order valence-corrected chi connectivity index (χ3v) is 7.36. The summed E-state index contributed by atoms with van der Waals surface area (Å²) in [6.45, 7) is -1.33. The number of primary amides is 1. The van der Waals surface area contributed by atoms with Gasteiger partial charge in [0, 0.05) is 36.9 Å². The molecule has 184 valence electrons. The molecular weight excluding hydrogens is 500 g/mol. The van der Waals surface area contributed by atoms with Crippen molar-refractivity contribution in [1.29, 1.82) is 0 Å². The molecule has 1 aromatic carbocycles. The molecule has 2 atom stereocenters. The molecule has 4 N–H and O–H groups in total. The number of piperidine rings is 1. The molecule has 1 amide bonds. The first-order valence-electron chi connectivity index (χ1n) is 10.8. The number of ether oxygens (including phenoxy) is 1. The number of fused-ring (bicyclic) bond motifs is 2. The number of hydrogen-bond acceptors (Lipinski definition) is 9. The number of halogens is 3. The number of nitrogens with two attached hydrogens (primary N) is 1. The molecule has 5 heterocycles. The van der Waals surface area contributed by atoms with Gasteiger partial charge in [0.25, 0.3) is 5.91 Å². The number of hydrogen-bond donors (Lipinski definition) is 3. The van der Waals surface area contributed by atoms with Crippen molar-refractivity contribution >= 4 is 57.0 Å². The van der Waals surface area contributed by atoms with Gasteiger partial charge in [0.15, 0.2) is 11.6 Å². The van der Waals surface area contributed by atoms with Gasteiger partial charge in [-0.25, -0.2) is 4.98 Å². The molecule has 2 aromatic heterocycles. The van der Waals surface area contributed by atoms with E-state index < -0.39 is 12.5 Å². The fourth-order valence-electron chi connectivity index (χ4n) is 4.36. The average molecular weight is 522 g/mol. The predicted octanol–water partition coefficient (Wildman–Crippen LogP) is 4.27. The summed E-state index contributed by atoms with van der Waals surface area (Å²) in [6.07, 6.45) is 2.51. The highest BCUT2D eigenvalue weighted by atomic mass is 35.5. The van der Waals surface area contributed by atoms with Crippen LogP contribution in [-0.2, 0) is 0 Å². The molecule has 0 aliphatic carbocycles. The Morgan fingerprint density at radius 1 is 1.29 bits per heavy atom. The van der Waals surface area contributed by atoms with E-state index in [2.05, 4.69) is 37.4 Å². The number of nitrogens with one attached hydrogen (secondary N) is 2. The molecule has 3 fully saturated rings. The second-order valence-electron chi connectivity index (χ2n) is 8.34. The lowest BCUT2D eigenvalue weighted by atomic mass is 9.88. The van der Waals surface area contributed by atoms with Crippen LogP contribution in [0.25, 0.3) is 0 Å². The summed E-state index contributed by atoms with van der Waals surface area (Å²) in [4.78, 5) is 24.6. The molecule has 35 heavy (non-hydrogen) atoms. The number of nitrogens with zero attached hydrogens (tertiary/aromatic N) is 4. The molecule has 6 rings (SSSR count). The number of anilines is 5. The lowest BCUT2D eigenvalue weighted by Crippen LogP contribution is -2.67. The van der Waals surface area contributed by atoms with Crippen LogP contribution in [0.1, 0.15) is 16.8 Å². The van der Waals surface area contributed by atoms with E-state index in [1.807, 2.05) is 6.07 Å². The van der Waals surface area contributed by atoms with Crippen LogP contribution < -0.4 is 26.0 Å². The fraction of sp³-hybridized carbons (Fsp3) is 0.318. The number of amides is 1. The van der Waals surface area contributed by atoms with Crippen molar-refractivity contribution in [2.75, 3.05) is 35.7 Å². The van der Waals surface area contributed by atoms with E-state index in [0.717, 1.165) is 25.2 Å². The highest BCUT2D eigenvalue weighted by molar-refractivity contribution is 7.14. The number of piperazine rings is 1. The van der Waals surface area contributed by atoms with Gasteiger partial charge in [-0.05, 0) is 37.0 Å². The summed E-state index contributed by atoms with van der Waals surface area (Å²) < 4.78 is 31.2. The summed E-state index contributed by atoms with van der Waals surface area (Å²) in [6, 6.07) is 7.63. The summed E-state index contributed by atoms with van der Waals surface area (Å²) in [5.41, 5.74) is 6.77. The lowest BCUT2D eigenvalue weighted by Gasteiger charge is -2.55. The Kier molecular flexibility index (Phi) is 6.34. The second-order valence-corrected chi connectivity index (χ2v) is 9.66. The molecule has 0 spiro atoms. The molecule has 3 aromatic rings. The first kappa shape index (κ1) is 23.5. The minimum Gasteiger partial charge on any atom is -0.433 e. The molecule has 3 saturated heterocycles. The zero-order valence-electron chi connectivity index (χ0n) is 18.5. The maximum absolute atomic E-state index is 13.2. The van der Waals surface area contributed by atoms with Gasteiger partial charge in [0.2, 0.25) is 5.95 Å². The Hall–Kier alpha value is -3.22. The van der Waals surface area contributed by atoms with Gasteiger partial charge < -0.3 is 26.0 Å². The molecule has 0 radical (unpaired) electrons. The van der Waals surface area contributed by atoms with E-state index in [9.17, 15) is 13.6 Å². The normalized spacial score (nSPS) is 19.4. The van der Waals surface area contributed by atoms with E-state index in [-0.39, 0.29) is 28.2 Å². The van der Waals surface area contributed by atoms with Crippen LogP contribution in [0, 0.1) is 0 Å². The maximum Gasteiger partial charge on any atom is 0.387 e. The molecular formula is C22H22ClF2N7O2S. The van der Waals surface area contributed by atoms with E-state index in [1.54, 1.807) is 23.6 Å². The van der Waals surface area contributed by atoms with Gasteiger partial charge in [-0.15, -0.1) is 11.3 Å². The average Bonchev–Trinajstić information content (AvgIpc) is 3.30. The number of thiophene rings is 1. The van der Waals surface area contributed by atoms with Crippen molar-refractivity contribution in [2.45, 2.75) is 25.1 Å². The lowest BCUT2D eigenvalue weighted by molar-refractivity contribution is -0.0493. The number of alkyl halides is 2. The maximum atomic E-state index is 13.2. The van der Waals surface area contributed by atoms with Crippen molar-refractivity contribution in [2.24, 2.45) is 5.73 Å². The fourth-order valence-corrected chi connectivity index (χ4v) is 5.28. The Balaban J connectivity index is 1.38. The SMILES string of the molecule is CN1C2CC1CN(c1ccc(Nc3ncc(Cl)c(Nc4sccc4C(N)=O)n3)c(OC(F)F)c1)C2. The van der Waals surface area contributed by atoms with E-state index in [0.29, 0.717) is 22.6 Å². The third kappa shape index (κ3) is 4.81. The van der Waals surface area contributed by atoms with Crippen LogP contribution in [0.15, 0.2) is 35.8 Å². The third-order valence-electron chi connectivity index (χ3n) is 6.26. The van der Waals surface area contributed by atoms with E-state index in [1.165, 1.54) is 17.5 Å². The number of carbonyl (C=O) groups excluding carboxylic acids is 1. The minimum atomic E-state index is -3.00. The first-order chi connectivity index (χ1) is 16.8. The first-order valence-corrected chi connectivity index (χ1v) is 12.0. The largest absolute Gasteiger partial charge is 0.433 e. The number of rotatable bonds is 8. The van der Waals surface area contributed by atoms with Crippen molar-refractivity contribution in [1.82, 2.24) is 14.9 Å². The predicted molar refractivity (Wildman–Crippen MR) is 132 cm³/mol. The van der Waals surface area contributed by atoms with Crippen molar-refractivity contribution < 1.29 is 18.3 Å². The molecule has 9 nitrogen and oxygen atoms in total. The van der Waals surface area contributed by atoms with Gasteiger partial charge in [0.1, 0.15) is 10.0 Å². The molecule has 3 aliphatic heterocycles. The Morgan fingerprint density at radius 3 is 2.74 bits per heavy atom. The van der Waals surface area contributed by atoms with Crippen molar-refractivity contribution in [3.63, 3.8) is 0 Å². The Labute approximate surface area is 208 Å². The number of carbonyl (C=O) groups is 1. The zero-order chi connectivity index (χ0) is 24.7. The highest BCUT2D eigenvalue weighted by Gasteiger charge is 2.42. The molecule has 2 unspecified atom stereocenters. The van der Waals surface area contributed by atoms with Crippen LogP contribution in [0.5, 0.6) is 5.75 Å². The summed E-state index contributed by atoms with van der Waals surface area (Å²) in [7, 11) is 2.11. The van der Waals surface area contributed by atoms with E-state index >= 15 is 0 Å². The quantitative estimate of drug-likeness (QED) is 0.403.